The third kappa shape index (κ3) is 7.32. The molecule has 0 aliphatic rings. The van der Waals surface area contributed by atoms with E-state index in [1.54, 1.807) is 0 Å². The third-order valence-electron chi connectivity index (χ3n) is 7.24. The van der Waals surface area contributed by atoms with E-state index in [1.807, 2.05) is 105 Å². The van der Waals surface area contributed by atoms with E-state index < -0.39 is 0 Å². The minimum absolute atomic E-state index is 0.110. The highest BCUT2D eigenvalue weighted by atomic mass is 15.2. The molecule has 4 aromatic carbocycles. The molecule has 0 aliphatic carbocycles. The van der Waals surface area contributed by atoms with E-state index in [9.17, 15) is 0 Å². The SMILES string of the molecule is CC(c1ccc(N(C)C)c(N=Nc2ccc(N(C)C)cc2)c1)c1ccc(N(C)C)c(N=Nc2ccc(N(C)C)cc2)c1. The highest BCUT2D eigenvalue weighted by Crippen LogP contribution is 2.38. The lowest BCUT2D eigenvalue weighted by molar-refractivity contribution is 0.918. The summed E-state index contributed by atoms with van der Waals surface area (Å²) in [5, 5.41) is 18.4. The first kappa shape index (κ1) is 30.2. The quantitative estimate of drug-likeness (QED) is 0.181. The monoisotopic (exact) mass is 562 g/mol. The Hall–Kier alpha value is -4.72. The molecule has 0 radical (unpaired) electrons. The van der Waals surface area contributed by atoms with Crippen LogP contribution in [0, 0.1) is 0 Å². The molecule has 8 nitrogen and oxygen atoms in total. The van der Waals surface area contributed by atoms with Crippen molar-refractivity contribution in [3.63, 3.8) is 0 Å². The Morgan fingerprint density at radius 1 is 0.429 bits per heavy atom. The molecule has 0 heterocycles. The second-order valence-electron chi connectivity index (χ2n) is 11.2. The smallest absolute Gasteiger partial charge is 0.109 e. The Labute approximate surface area is 250 Å². The van der Waals surface area contributed by atoms with Gasteiger partial charge in [-0.05, 0) is 83.9 Å². The molecular formula is C34H42N8. The normalized spacial score (nSPS) is 12.1. The molecule has 0 N–H and O–H groups in total. The van der Waals surface area contributed by atoms with Crippen LogP contribution in [-0.4, -0.2) is 56.4 Å². The van der Waals surface area contributed by atoms with Gasteiger partial charge in [-0.25, -0.2) is 0 Å². The third-order valence-corrected chi connectivity index (χ3v) is 7.24. The maximum atomic E-state index is 4.67. The summed E-state index contributed by atoms with van der Waals surface area (Å²) in [6.45, 7) is 2.21. The fraction of sp³-hybridized carbons (Fsp3) is 0.294. The summed E-state index contributed by atoms with van der Waals surface area (Å²) in [5.74, 6) is 0.110. The van der Waals surface area contributed by atoms with Gasteiger partial charge in [-0.3, -0.25) is 0 Å². The van der Waals surface area contributed by atoms with E-state index in [4.69, 9.17) is 0 Å². The fourth-order valence-electron chi connectivity index (χ4n) is 4.59. The van der Waals surface area contributed by atoms with Gasteiger partial charge in [0.2, 0.25) is 0 Å². The largest absolute Gasteiger partial charge is 0.378 e. The second-order valence-corrected chi connectivity index (χ2v) is 11.2. The lowest BCUT2D eigenvalue weighted by Gasteiger charge is -2.20. The molecule has 8 heteroatoms. The minimum Gasteiger partial charge on any atom is -0.378 e. The molecule has 0 unspecified atom stereocenters. The number of hydrogen-bond donors (Lipinski definition) is 0. The van der Waals surface area contributed by atoms with Crippen molar-refractivity contribution in [3.8, 4) is 0 Å². The van der Waals surface area contributed by atoms with Crippen molar-refractivity contribution in [2.45, 2.75) is 12.8 Å². The topological polar surface area (TPSA) is 62.4 Å². The van der Waals surface area contributed by atoms with Gasteiger partial charge in [0.15, 0.2) is 0 Å². The summed E-state index contributed by atoms with van der Waals surface area (Å²) in [4.78, 5) is 8.26. The average Bonchev–Trinajstić information content (AvgIpc) is 2.98. The molecule has 0 aliphatic heterocycles. The Balaban J connectivity index is 1.64. The van der Waals surface area contributed by atoms with Crippen LogP contribution < -0.4 is 19.6 Å². The van der Waals surface area contributed by atoms with Crippen molar-refractivity contribution in [3.05, 3.63) is 96.1 Å². The molecule has 0 bridgehead atoms. The van der Waals surface area contributed by atoms with Crippen molar-refractivity contribution in [2.75, 3.05) is 76.0 Å². The predicted octanol–water partition coefficient (Wildman–Crippen LogP) is 8.93. The Morgan fingerprint density at radius 2 is 0.786 bits per heavy atom. The Kier molecular flexibility index (Phi) is 9.57. The Morgan fingerprint density at radius 3 is 1.10 bits per heavy atom. The number of nitrogens with zero attached hydrogens (tertiary/aromatic N) is 8. The van der Waals surface area contributed by atoms with E-state index in [0.717, 1.165) is 56.6 Å². The van der Waals surface area contributed by atoms with Crippen molar-refractivity contribution in [1.29, 1.82) is 0 Å². The standard InChI is InChI=1S/C34H42N8/c1-24(25-10-20-33(41(6)7)31(22-25)37-35-27-12-16-29(17-13-27)39(2)3)26-11-21-34(42(8)9)32(23-26)38-36-28-14-18-30(19-15-28)40(4)5/h10-24H,1-9H3. The van der Waals surface area contributed by atoms with Crippen LogP contribution in [0.15, 0.2) is 105 Å². The minimum atomic E-state index is 0.110. The Bertz CT molecular complexity index is 1420. The van der Waals surface area contributed by atoms with Crippen LogP contribution in [0.3, 0.4) is 0 Å². The van der Waals surface area contributed by atoms with Gasteiger partial charge in [0.25, 0.3) is 0 Å². The van der Waals surface area contributed by atoms with Crippen molar-refractivity contribution >= 4 is 45.5 Å². The number of anilines is 4. The zero-order valence-electron chi connectivity index (χ0n) is 26.2. The molecule has 0 saturated carbocycles. The molecule has 4 aromatic rings. The van der Waals surface area contributed by atoms with Crippen molar-refractivity contribution in [2.24, 2.45) is 20.5 Å². The van der Waals surface area contributed by atoms with Crippen molar-refractivity contribution in [1.82, 2.24) is 0 Å². The van der Waals surface area contributed by atoms with Gasteiger partial charge in [0.1, 0.15) is 11.4 Å². The molecule has 0 saturated heterocycles. The number of hydrogen-bond acceptors (Lipinski definition) is 8. The zero-order chi connectivity index (χ0) is 30.4. The molecule has 0 spiro atoms. The van der Waals surface area contributed by atoms with Gasteiger partial charge < -0.3 is 19.6 Å². The van der Waals surface area contributed by atoms with Crippen LogP contribution in [0.2, 0.25) is 0 Å². The average molecular weight is 563 g/mol. The lowest BCUT2D eigenvalue weighted by Crippen LogP contribution is -2.10. The summed E-state index contributed by atoms with van der Waals surface area (Å²) in [6, 6.07) is 28.9. The first-order valence-corrected chi connectivity index (χ1v) is 14.0. The van der Waals surface area contributed by atoms with Crippen molar-refractivity contribution < 1.29 is 0 Å². The summed E-state index contributed by atoms with van der Waals surface area (Å²) >= 11 is 0. The number of azo groups is 2. The van der Waals surface area contributed by atoms with Gasteiger partial charge in [-0.15, -0.1) is 10.2 Å². The first-order valence-electron chi connectivity index (χ1n) is 14.0. The van der Waals surface area contributed by atoms with E-state index in [1.165, 1.54) is 0 Å². The van der Waals surface area contributed by atoms with Gasteiger partial charge in [0.05, 0.1) is 22.7 Å². The summed E-state index contributed by atoms with van der Waals surface area (Å²) < 4.78 is 0. The molecule has 0 amide bonds. The van der Waals surface area contributed by atoms with Crippen LogP contribution in [0.4, 0.5) is 45.5 Å². The first-order chi connectivity index (χ1) is 20.0. The maximum Gasteiger partial charge on any atom is 0.109 e. The zero-order valence-corrected chi connectivity index (χ0v) is 26.2. The van der Waals surface area contributed by atoms with Gasteiger partial charge in [-0.1, -0.05) is 19.1 Å². The van der Waals surface area contributed by atoms with Crippen LogP contribution in [0.5, 0.6) is 0 Å². The highest BCUT2D eigenvalue weighted by molar-refractivity contribution is 5.70. The van der Waals surface area contributed by atoms with Crippen LogP contribution in [-0.2, 0) is 0 Å². The molecule has 0 atom stereocenters. The number of rotatable bonds is 10. The van der Waals surface area contributed by atoms with E-state index in [0.29, 0.717) is 0 Å². The highest BCUT2D eigenvalue weighted by Gasteiger charge is 2.15. The summed E-state index contributed by atoms with van der Waals surface area (Å²) in [7, 11) is 16.2. The molecule has 0 fully saturated rings. The molecule has 4 rings (SSSR count). The maximum absolute atomic E-state index is 4.67. The van der Waals surface area contributed by atoms with E-state index in [-0.39, 0.29) is 5.92 Å². The van der Waals surface area contributed by atoms with Crippen LogP contribution in [0.1, 0.15) is 24.0 Å². The van der Waals surface area contributed by atoms with Gasteiger partial charge in [0, 0.05) is 73.7 Å². The summed E-state index contributed by atoms with van der Waals surface area (Å²) in [6.07, 6.45) is 0. The molecule has 42 heavy (non-hydrogen) atoms. The molecular weight excluding hydrogens is 520 g/mol. The van der Waals surface area contributed by atoms with Crippen LogP contribution >= 0.6 is 0 Å². The van der Waals surface area contributed by atoms with Gasteiger partial charge in [-0.2, -0.15) is 10.2 Å². The van der Waals surface area contributed by atoms with E-state index >= 15 is 0 Å². The second kappa shape index (κ2) is 13.3. The fourth-order valence-corrected chi connectivity index (χ4v) is 4.59. The lowest BCUT2D eigenvalue weighted by atomic mass is 9.92. The van der Waals surface area contributed by atoms with Gasteiger partial charge >= 0.3 is 0 Å². The van der Waals surface area contributed by atoms with E-state index in [2.05, 4.69) is 83.4 Å². The number of benzene rings is 4. The summed E-state index contributed by atoms with van der Waals surface area (Å²) in [5.41, 5.74) is 9.85. The molecule has 0 aromatic heterocycles. The predicted molar refractivity (Wildman–Crippen MR) is 179 cm³/mol. The van der Waals surface area contributed by atoms with Crippen LogP contribution in [0.25, 0.3) is 0 Å². The molecule has 218 valence electrons.